The van der Waals surface area contributed by atoms with Crippen LogP contribution < -0.4 is 5.32 Å². The minimum atomic E-state index is -0.828. The minimum absolute atomic E-state index is 0.0427. The van der Waals surface area contributed by atoms with Crippen LogP contribution in [0, 0.1) is 11.8 Å². The van der Waals surface area contributed by atoms with Crippen molar-refractivity contribution in [3.63, 3.8) is 0 Å². The van der Waals surface area contributed by atoms with Gasteiger partial charge in [-0.2, -0.15) is 0 Å². The van der Waals surface area contributed by atoms with Gasteiger partial charge in [0.1, 0.15) is 0 Å². The SMILES string of the molecule is CC(C)C[C@H](CNC(=O)c1ccccc1Br)CC(=O)O. The molecule has 0 spiro atoms. The Morgan fingerprint density at radius 3 is 2.50 bits per heavy atom. The lowest BCUT2D eigenvalue weighted by Gasteiger charge is -2.18. The molecule has 0 aliphatic rings. The number of nitrogens with one attached hydrogen (secondary N) is 1. The highest BCUT2D eigenvalue weighted by Crippen LogP contribution is 2.17. The van der Waals surface area contributed by atoms with Crippen molar-refractivity contribution in [2.75, 3.05) is 6.54 Å². The maximum atomic E-state index is 12.1. The van der Waals surface area contributed by atoms with E-state index in [4.69, 9.17) is 5.11 Å². The van der Waals surface area contributed by atoms with Crippen LogP contribution in [0.3, 0.4) is 0 Å². The fourth-order valence-corrected chi connectivity index (χ4v) is 2.59. The summed E-state index contributed by atoms with van der Waals surface area (Å²) in [7, 11) is 0. The van der Waals surface area contributed by atoms with E-state index in [0.29, 0.717) is 18.0 Å². The predicted octanol–water partition coefficient (Wildman–Crippen LogP) is 3.32. The van der Waals surface area contributed by atoms with Crippen LogP contribution in [0.4, 0.5) is 0 Å². The molecule has 2 N–H and O–H groups in total. The number of aliphatic carboxylic acids is 1. The quantitative estimate of drug-likeness (QED) is 0.799. The number of halogens is 1. The molecule has 0 heterocycles. The molecule has 1 atom stereocenters. The van der Waals surface area contributed by atoms with Gasteiger partial charge < -0.3 is 10.4 Å². The van der Waals surface area contributed by atoms with Crippen molar-refractivity contribution < 1.29 is 14.7 Å². The van der Waals surface area contributed by atoms with Crippen LogP contribution in [0.2, 0.25) is 0 Å². The van der Waals surface area contributed by atoms with Crippen LogP contribution in [-0.2, 0) is 4.79 Å². The summed E-state index contributed by atoms with van der Waals surface area (Å²) in [5.41, 5.74) is 0.561. The number of rotatable bonds is 7. The first-order chi connectivity index (χ1) is 9.40. The Bertz CT molecular complexity index is 474. The molecule has 1 aromatic rings. The Kier molecular flexibility index (Phi) is 6.71. The molecule has 0 bridgehead atoms. The Morgan fingerprint density at radius 1 is 1.30 bits per heavy atom. The van der Waals surface area contributed by atoms with E-state index in [0.717, 1.165) is 10.9 Å². The highest BCUT2D eigenvalue weighted by Gasteiger charge is 2.17. The van der Waals surface area contributed by atoms with E-state index in [1.54, 1.807) is 18.2 Å². The molecule has 0 aliphatic carbocycles. The molecule has 1 aromatic carbocycles. The average molecular weight is 342 g/mol. The lowest BCUT2D eigenvalue weighted by atomic mass is 9.94. The molecule has 0 aliphatic heterocycles. The first-order valence-electron chi connectivity index (χ1n) is 6.64. The molecule has 4 nitrogen and oxygen atoms in total. The molecule has 0 saturated heterocycles. The number of carboxylic acid groups (broad SMARTS) is 1. The first kappa shape index (κ1) is 16.7. The molecule has 0 radical (unpaired) electrons. The van der Waals surface area contributed by atoms with Crippen molar-refractivity contribution in [1.29, 1.82) is 0 Å². The lowest BCUT2D eigenvalue weighted by Crippen LogP contribution is -2.31. The largest absolute Gasteiger partial charge is 0.481 e. The van der Waals surface area contributed by atoms with Gasteiger partial charge in [0.05, 0.1) is 5.56 Å². The van der Waals surface area contributed by atoms with Crippen molar-refractivity contribution in [2.45, 2.75) is 26.7 Å². The van der Waals surface area contributed by atoms with Gasteiger partial charge in [0.25, 0.3) is 5.91 Å². The van der Waals surface area contributed by atoms with Gasteiger partial charge in [0, 0.05) is 17.4 Å². The Balaban J connectivity index is 2.60. The highest BCUT2D eigenvalue weighted by molar-refractivity contribution is 9.10. The third kappa shape index (κ3) is 5.74. The zero-order valence-corrected chi connectivity index (χ0v) is 13.3. The summed E-state index contributed by atoms with van der Waals surface area (Å²) in [5.74, 6) is -0.652. The average Bonchev–Trinajstić information content (AvgIpc) is 2.34. The van der Waals surface area contributed by atoms with Crippen molar-refractivity contribution in [3.8, 4) is 0 Å². The molecule has 0 unspecified atom stereocenters. The van der Waals surface area contributed by atoms with Crippen molar-refractivity contribution in [1.82, 2.24) is 5.32 Å². The van der Waals surface area contributed by atoms with Gasteiger partial charge in [-0.3, -0.25) is 9.59 Å². The topological polar surface area (TPSA) is 66.4 Å². The summed E-state index contributed by atoms with van der Waals surface area (Å²) in [6, 6.07) is 7.17. The summed E-state index contributed by atoms with van der Waals surface area (Å²) in [6.45, 7) is 4.47. The molecular formula is C15H20BrNO3. The van der Waals surface area contributed by atoms with E-state index >= 15 is 0 Å². The number of carbonyl (C=O) groups is 2. The first-order valence-corrected chi connectivity index (χ1v) is 7.44. The van der Waals surface area contributed by atoms with Gasteiger partial charge >= 0.3 is 5.97 Å². The van der Waals surface area contributed by atoms with Gasteiger partial charge in [-0.05, 0) is 46.3 Å². The molecule has 5 heteroatoms. The molecule has 0 saturated carbocycles. The molecular weight excluding hydrogens is 322 g/mol. The number of amides is 1. The van der Waals surface area contributed by atoms with E-state index < -0.39 is 5.97 Å². The normalized spacial score (nSPS) is 12.2. The van der Waals surface area contributed by atoms with Crippen molar-refractivity contribution >= 4 is 27.8 Å². The van der Waals surface area contributed by atoms with Crippen LogP contribution in [0.25, 0.3) is 0 Å². The molecule has 1 amide bonds. The number of hydrogen-bond acceptors (Lipinski definition) is 2. The van der Waals surface area contributed by atoms with Gasteiger partial charge in [-0.15, -0.1) is 0 Å². The zero-order valence-electron chi connectivity index (χ0n) is 11.7. The third-order valence-corrected chi connectivity index (χ3v) is 3.63. The second kappa shape index (κ2) is 8.04. The number of benzene rings is 1. The highest BCUT2D eigenvalue weighted by atomic mass is 79.9. The van der Waals surface area contributed by atoms with E-state index in [2.05, 4.69) is 21.2 Å². The van der Waals surface area contributed by atoms with Gasteiger partial charge in [0.15, 0.2) is 0 Å². The second-order valence-electron chi connectivity index (χ2n) is 5.28. The molecule has 1 rings (SSSR count). The maximum absolute atomic E-state index is 12.1. The van der Waals surface area contributed by atoms with Crippen LogP contribution in [-0.4, -0.2) is 23.5 Å². The minimum Gasteiger partial charge on any atom is -0.481 e. The fraction of sp³-hybridized carbons (Fsp3) is 0.467. The summed E-state index contributed by atoms with van der Waals surface area (Å²) in [6.07, 6.45) is 0.858. The third-order valence-electron chi connectivity index (χ3n) is 2.94. The number of carbonyl (C=O) groups excluding carboxylic acids is 1. The summed E-state index contributed by atoms with van der Waals surface area (Å²) in [4.78, 5) is 22.9. The Morgan fingerprint density at radius 2 is 1.95 bits per heavy atom. The lowest BCUT2D eigenvalue weighted by molar-refractivity contribution is -0.138. The summed E-state index contributed by atoms with van der Waals surface area (Å²) in [5, 5.41) is 11.7. The van der Waals surface area contributed by atoms with Crippen LogP contribution in [0.15, 0.2) is 28.7 Å². The van der Waals surface area contributed by atoms with E-state index in [-0.39, 0.29) is 18.2 Å². The van der Waals surface area contributed by atoms with Gasteiger partial charge in [-0.1, -0.05) is 26.0 Å². The van der Waals surface area contributed by atoms with Gasteiger partial charge in [-0.25, -0.2) is 0 Å². The van der Waals surface area contributed by atoms with Crippen LogP contribution in [0.5, 0.6) is 0 Å². The predicted molar refractivity (Wildman–Crippen MR) is 81.7 cm³/mol. The Labute approximate surface area is 127 Å². The van der Waals surface area contributed by atoms with E-state index in [9.17, 15) is 9.59 Å². The second-order valence-corrected chi connectivity index (χ2v) is 6.14. The molecule has 20 heavy (non-hydrogen) atoms. The van der Waals surface area contributed by atoms with Crippen molar-refractivity contribution in [2.24, 2.45) is 11.8 Å². The fourth-order valence-electron chi connectivity index (χ4n) is 2.13. The maximum Gasteiger partial charge on any atom is 0.303 e. The molecule has 0 fully saturated rings. The number of carboxylic acids is 1. The van der Waals surface area contributed by atoms with E-state index in [1.165, 1.54) is 0 Å². The molecule has 110 valence electrons. The Hall–Kier alpha value is -1.36. The standard InChI is InChI=1S/C15H20BrNO3/c1-10(2)7-11(8-14(18)19)9-17-15(20)12-5-3-4-6-13(12)16/h3-6,10-11H,7-9H2,1-2H3,(H,17,20)(H,18,19)/t11-/m0/s1. The van der Waals surface area contributed by atoms with E-state index in [1.807, 2.05) is 19.9 Å². The monoisotopic (exact) mass is 341 g/mol. The molecule has 0 aromatic heterocycles. The zero-order chi connectivity index (χ0) is 15.1. The summed E-state index contributed by atoms with van der Waals surface area (Å²) < 4.78 is 0.733. The smallest absolute Gasteiger partial charge is 0.303 e. The van der Waals surface area contributed by atoms with Crippen LogP contribution in [0.1, 0.15) is 37.0 Å². The van der Waals surface area contributed by atoms with Crippen LogP contribution >= 0.6 is 15.9 Å². The van der Waals surface area contributed by atoms with Gasteiger partial charge in [0.2, 0.25) is 0 Å². The summed E-state index contributed by atoms with van der Waals surface area (Å²) >= 11 is 3.33. The number of hydrogen-bond donors (Lipinski definition) is 2. The van der Waals surface area contributed by atoms with Crippen molar-refractivity contribution in [3.05, 3.63) is 34.3 Å².